The Morgan fingerprint density at radius 3 is 2.58 bits per heavy atom. The Morgan fingerprint density at radius 1 is 1.26 bits per heavy atom. The summed E-state index contributed by atoms with van der Waals surface area (Å²) in [7, 11) is 1.60. The van der Waals surface area contributed by atoms with Gasteiger partial charge in [0, 0.05) is 17.8 Å². The highest BCUT2D eigenvalue weighted by Gasteiger charge is 2.06. The van der Waals surface area contributed by atoms with Crippen molar-refractivity contribution in [2.45, 2.75) is 6.92 Å². The molecule has 1 aromatic heterocycles. The number of Topliss-reactive ketones (excluding diaryl/α,β-unsaturated/α-hetero) is 1. The van der Waals surface area contributed by atoms with Crippen LogP contribution in [-0.4, -0.2) is 17.9 Å². The number of halogens is 1. The lowest BCUT2D eigenvalue weighted by atomic mass is 10.2. The molecule has 0 aliphatic carbocycles. The second-order valence-corrected chi connectivity index (χ2v) is 4.69. The largest absolute Gasteiger partial charge is 0.497 e. The summed E-state index contributed by atoms with van der Waals surface area (Å²) in [6.45, 7) is 1.50. The van der Waals surface area contributed by atoms with Gasteiger partial charge in [-0.2, -0.15) is 0 Å². The zero-order chi connectivity index (χ0) is 13.8. The highest BCUT2D eigenvalue weighted by molar-refractivity contribution is 9.10. The Balaban J connectivity index is 2.19. The minimum Gasteiger partial charge on any atom is -0.497 e. The van der Waals surface area contributed by atoms with Gasteiger partial charge < -0.3 is 9.47 Å². The van der Waals surface area contributed by atoms with Crippen molar-refractivity contribution in [1.82, 2.24) is 4.98 Å². The fourth-order valence-electron chi connectivity index (χ4n) is 1.45. The monoisotopic (exact) mass is 321 g/mol. The molecule has 0 aliphatic heterocycles. The van der Waals surface area contributed by atoms with Crippen molar-refractivity contribution < 1.29 is 14.3 Å². The summed E-state index contributed by atoms with van der Waals surface area (Å²) in [4.78, 5) is 15.2. The number of pyridine rings is 1. The van der Waals surface area contributed by atoms with Gasteiger partial charge in [-0.05, 0) is 47.1 Å². The Morgan fingerprint density at radius 2 is 2.05 bits per heavy atom. The van der Waals surface area contributed by atoms with Gasteiger partial charge in [-0.15, -0.1) is 0 Å². The zero-order valence-electron chi connectivity index (χ0n) is 10.5. The van der Waals surface area contributed by atoms with E-state index in [-0.39, 0.29) is 5.78 Å². The maximum atomic E-state index is 11.1. The Kier molecular flexibility index (Phi) is 4.16. The number of benzene rings is 1. The maximum Gasteiger partial charge on any atom is 0.219 e. The average Bonchev–Trinajstić information content (AvgIpc) is 2.41. The quantitative estimate of drug-likeness (QED) is 0.802. The number of hydrogen-bond acceptors (Lipinski definition) is 4. The fraction of sp³-hybridized carbons (Fsp3) is 0.143. The van der Waals surface area contributed by atoms with Crippen molar-refractivity contribution in [3.8, 4) is 17.4 Å². The first kappa shape index (κ1) is 13.5. The molecule has 0 unspecified atom stereocenters. The van der Waals surface area contributed by atoms with E-state index < -0.39 is 0 Å². The highest BCUT2D eigenvalue weighted by Crippen LogP contribution is 2.31. The van der Waals surface area contributed by atoms with Gasteiger partial charge in [0.1, 0.15) is 11.5 Å². The van der Waals surface area contributed by atoms with E-state index in [4.69, 9.17) is 9.47 Å². The van der Waals surface area contributed by atoms with Crippen LogP contribution < -0.4 is 9.47 Å². The number of ether oxygens (including phenoxy) is 2. The number of methoxy groups -OCH3 is 1. The minimum atomic E-state index is -0.0234. The van der Waals surface area contributed by atoms with Crippen molar-refractivity contribution in [1.29, 1.82) is 0 Å². The molecule has 0 bridgehead atoms. The molecule has 0 saturated carbocycles. The fourth-order valence-corrected chi connectivity index (χ4v) is 1.89. The average molecular weight is 322 g/mol. The number of rotatable bonds is 4. The molecule has 0 radical (unpaired) electrons. The Bertz CT molecular complexity index is 596. The van der Waals surface area contributed by atoms with Crippen molar-refractivity contribution in [3.05, 3.63) is 46.6 Å². The molecule has 0 N–H and O–H groups in total. The normalized spacial score (nSPS) is 10.1. The van der Waals surface area contributed by atoms with Crippen LogP contribution in [0.5, 0.6) is 17.4 Å². The van der Waals surface area contributed by atoms with Crippen molar-refractivity contribution in [2.75, 3.05) is 7.11 Å². The summed E-state index contributed by atoms with van der Waals surface area (Å²) < 4.78 is 11.5. The van der Waals surface area contributed by atoms with Gasteiger partial charge in [-0.3, -0.25) is 4.79 Å². The lowest BCUT2D eigenvalue weighted by Gasteiger charge is -2.08. The second kappa shape index (κ2) is 5.84. The van der Waals surface area contributed by atoms with Crippen LogP contribution in [0.25, 0.3) is 0 Å². The first-order valence-corrected chi connectivity index (χ1v) is 6.38. The third-order valence-corrected chi connectivity index (χ3v) is 3.12. The van der Waals surface area contributed by atoms with E-state index >= 15 is 0 Å². The van der Waals surface area contributed by atoms with E-state index in [0.29, 0.717) is 17.2 Å². The van der Waals surface area contributed by atoms with E-state index in [2.05, 4.69) is 20.9 Å². The van der Waals surface area contributed by atoms with E-state index in [0.717, 1.165) is 10.2 Å². The van der Waals surface area contributed by atoms with Gasteiger partial charge in [-0.25, -0.2) is 4.98 Å². The number of aromatic nitrogens is 1. The van der Waals surface area contributed by atoms with Crippen molar-refractivity contribution >= 4 is 21.7 Å². The molecular formula is C14H12BrNO3. The van der Waals surface area contributed by atoms with Gasteiger partial charge in [0.05, 0.1) is 11.6 Å². The first-order valence-electron chi connectivity index (χ1n) is 5.58. The molecule has 5 heteroatoms. The minimum absolute atomic E-state index is 0.0234. The Hall–Kier alpha value is -1.88. The molecule has 2 rings (SSSR count). The molecule has 0 atom stereocenters. The van der Waals surface area contributed by atoms with E-state index in [1.165, 1.54) is 13.1 Å². The predicted octanol–water partition coefficient (Wildman–Crippen LogP) is 3.85. The SMILES string of the molecule is COc1ccc(Oc2ccc(C(C)=O)cn2)c(Br)c1. The van der Waals surface area contributed by atoms with Gasteiger partial charge >= 0.3 is 0 Å². The summed E-state index contributed by atoms with van der Waals surface area (Å²) in [5, 5.41) is 0. The molecule has 0 saturated heterocycles. The highest BCUT2D eigenvalue weighted by atomic mass is 79.9. The van der Waals surface area contributed by atoms with Gasteiger partial charge in [0.25, 0.3) is 0 Å². The molecular weight excluding hydrogens is 310 g/mol. The summed E-state index contributed by atoms with van der Waals surface area (Å²) in [6.07, 6.45) is 1.50. The van der Waals surface area contributed by atoms with Crippen LogP contribution >= 0.6 is 15.9 Å². The van der Waals surface area contributed by atoms with Gasteiger partial charge in [-0.1, -0.05) is 0 Å². The zero-order valence-corrected chi connectivity index (χ0v) is 12.1. The third-order valence-electron chi connectivity index (χ3n) is 2.50. The topological polar surface area (TPSA) is 48.4 Å². The number of ketones is 1. The predicted molar refractivity (Wildman–Crippen MR) is 75.0 cm³/mol. The molecule has 98 valence electrons. The molecule has 2 aromatic rings. The molecule has 0 fully saturated rings. The van der Waals surface area contributed by atoms with Crippen LogP contribution in [0, 0.1) is 0 Å². The third kappa shape index (κ3) is 3.32. The molecule has 0 spiro atoms. The van der Waals surface area contributed by atoms with Crippen molar-refractivity contribution in [2.24, 2.45) is 0 Å². The standard InChI is InChI=1S/C14H12BrNO3/c1-9(17)10-3-6-14(16-8-10)19-13-5-4-11(18-2)7-12(13)15/h3-8H,1-2H3. The van der Waals surface area contributed by atoms with E-state index in [1.54, 1.807) is 37.4 Å². The molecule has 4 nitrogen and oxygen atoms in total. The summed E-state index contributed by atoms with van der Waals surface area (Å²) >= 11 is 3.40. The Labute approximate surface area is 119 Å². The van der Waals surface area contributed by atoms with Crippen LogP contribution in [0.3, 0.4) is 0 Å². The lowest BCUT2D eigenvalue weighted by molar-refractivity contribution is 0.101. The number of carbonyl (C=O) groups is 1. The van der Waals surface area contributed by atoms with E-state index in [1.807, 2.05) is 0 Å². The second-order valence-electron chi connectivity index (χ2n) is 3.84. The molecule has 1 heterocycles. The van der Waals surface area contributed by atoms with Gasteiger partial charge in [0.15, 0.2) is 5.78 Å². The van der Waals surface area contributed by atoms with Crippen LogP contribution in [0.4, 0.5) is 0 Å². The van der Waals surface area contributed by atoms with Gasteiger partial charge in [0.2, 0.25) is 5.88 Å². The molecule has 19 heavy (non-hydrogen) atoms. The summed E-state index contributed by atoms with van der Waals surface area (Å²) in [5.74, 6) is 1.77. The molecule has 0 amide bonds. The lowest BCUT2D eigenvalue weighted by Crippen LogP contribution is -1.95. The number of carbonyl (C=O) groups excluding carboxylic acids is 1. The maximum absolute atomic E-state index is 11.1. The first-order chi connectivity index (χ1) is 9.10. The number of nitrogens with zero attached hydrogens (tertiary/aromatic N) is 1. The van der Waals surface area contributed by atoms with Crippen molar-refractivity contribution in [3.63, 3.8) is 0 Å². The number of hydrogen-bond donors (Lipinski definition) is 0. The van der Waals surface area contributed by atoms with Crippen LogP contribution in [0.1, 0.15) is 17.3 Å². The molecule has 1 aromatic carbocycles. The molecule has 0 aliphatic rings. The smallest absolute Gasteiger partial charge is 0.219 e. The summed E-state index contributed by atoms with van der Waals surface area (Å²) in [5.41, 5.74) is 0.557. The van der Waals surface area contributed by atoms with Crippen LogP contribution in [0.2, 0.25) is 0 Å². The summed E-state index contributed by atoms with van der Waals surface area (Å²) in [6, 6.07) is 8.72. The van der Waals surface area contributed by atoms with Crippen LogP contribution in [0.15, 0.2) is 41.0 Å². The van der Waals surface area contributed by atoms with Crippen LogP contribution in [-0.2, 0) is 0 Å². The van der Waals surface area contributed by atoms with E-state index in [9.17, 15) is 4.79 Å².